The second kappa shape index (κ2) is 5.01. The highest BCUT2D eigenvalue weighted by molar-refractivity contribution is 7.90. The summed E-state index contributed by atoms with van der Waals surface area (Å²) in [7, 11) is 0. The van der Waals surface area contributed by atoms with Crippen molar-refractivity contribution < 1.29 is 4.55 Å². The van der Waals surface area contributed by atoms with Gasteiger partial charge >= 0.3 is 0 Å². The molecular formula is C18H19N3OS. The van der Waals surface area contributed by atoms with Crippen molar-refractivity contribution in [2.24, 2.45) is 0 Å². The van der Waals surface area contributed by atoms with E-state index >= 15 is 0 Å². The Labute approximate surface area is 138 Å². The largest absolute Gasteiger partial charge is 0.612 e. The number of nitrogens with one attached hydrogen (secondary N) is 2. The van der Waals surface area contributed by atoms with Gasteiger partial charge in [0.15, 0.2) is 4.90 Å². The number of aromatic nitrogens is 2. The van der Waals surface area contributed by atoms with Crippen LogP contribution in [0.2, 0.25) is 0 Å². The summed E-state index contributed by atoms with van der Waals surface area (Å²) < 4.78 is 11.5. The molecule has 0 bridgehead atoms. The molecule has 0 radical (unpaired) electrons. The van der Waals surface area contributed by atoms with Crippen molar-refractivity contribution in [1.29, 1.82) is 0 Å². The van der Waals surface area contributed by atoms with Gasteiger partial charge < -0.3 is 14.9 Å². The molecule has 1 unspecified atom stereocenters. The van der Waals surface area contributed by atoms with E-state index in [1.54, 1.807) is 6.26 Å². The predicted octanol–water partition coefficient (Wildman–Crippen LogP) is 3.67. The molecule has 3 aromatic rings. The fourth-order valence-corrected chi connectivity index (χ4v) is 3.63. The summed E-state index contributed by atoms with van der Waals surface area (Å²) in [6.07, 6.45) is 1.69. The zero-order chi connectivity index (χ0) is 16.2. The summed E-state index contributed by atoms with van der Waals surface area (Å²) in [5.74, 6) is 0.843. The van der Waals surface area contributed by atoms with Crippen molar-refractivity contribution in [3.63, 3.8) is 0 Å². The van der Waals surface area contributed by atoms with Crippen molar-refractivity contribution in [3.05, 3.63) is 42.0 Å². The quantitative estimate of drug-likeness (QED) is 0.707. The number of hydrogen-bond acceptors (Lipinski definition) is 3. The molecule has 0 aliphatic carbocycles. The highest BCUT2D eigenvalue weighted by Crippen LogP contribution is 2.38. The number of nitrogens with zero attached hydrogens (tertiary/aromatic N) is 1. The van der Waals surface area contributed by atoms with E-state index in [9.17, 15) is 4.55 Å². The minimum absolute atomic E-state index is 0.134. The van der Waals surface area contributed by atoms with E-state index in [4.69, 9.17) is 4.98 Å². The molecular weight excluding hydrogens is 306 g/mol. The second-order valence-electron chi connectivity index (χ2n) is 6.72. The van der Waals surface area contributed by atoms with Gasteiger partial charge in [0.25, 0.3) is 0 Å². The van der Waals surface area contributed by atoms with Crippen LogP contribution in [0.25, 0.3) is 22.4 Å². The molecule has 0 amide bonds. The van der Waals surface area contributed by atoms with E-state index < -0.39 is 11.2 Å². The van der Waals surface area contributed by atoms with Crippen molar-refractivity contribution in [3.8, 4) is 11.4 Å². The standard InChI is InChI=1S/C18H19N3OS/c1-18(2)10-19-14-9-16-15(8-13(14)18)20-17(21-16)11-4-6-12(7-5-11)23(3)22/h4-9,19H,10H2,1-3H3,(H,20,21). The monoisotopic (exact) mass is 325 g/mol. The molecule has 118 valence electrons. The van der Waals surface area contributed by atoms with Crippen molar-refractivity contribution >= 4 is 27.9 Å². The second-order valence-corrected chi connectivity index (χ2v) is 8.10. The van der Waals surface area contributed by atoms with Crippen molar-refractivity contribution in [2.45, 2.75) is 24.2 Å². The maximum atomic E-state index is 11.5. The maximum absolute atomic E-state index is 11.5. The molecule has 0 saturated heterocycles. The lowest BCUT2D eigenvalue weighted by molar-refractivity contribution is 0.586. The number of aromatic amines is 1. The van der Waals surface area contributed by atoms with Crippen LogP contribution in [0.3, 0.4) is 0 Å². The predicted molar refractivity (Wildman–Crippen MR) is 95.4 cm³/mol. The molecule has 0 saturated carbocycles. The third-order valence-electron chi connectivity index (χ3n) is 4.53. The van der Waals surface area contributed by atoms with Crippen LogP contribution in [0.5, 0.6) is 0 Å². The lowest BCUT2D eigenvalue weighted by Gasteiger charge is -2.16. The molecule has 1 aliphatic rings. The third-order valence-corrected chi connectivity index (χ3v) is 5.47. The van der Waals surface area contributed by atoms with Gasteiger partial charge in [0.1, 0.15) is 12.1 Å². The maximum Gasteiger partial charge on any atom is 0.152 e. The van der Waals surface area contributed by atoms with E-state index in [0.717, 1.165) is 33.9 Å². The highest BCUT2D eigenvalue weighted by atomic mass is 32.2. The minimum atomic E-state index is -0.956. The van der Waals surface area contributed by atoms with Crippen LogP contribution in [0.15, 0.2) is 41.3 Å². The first-order valence-electron chi connectivity index (χ1n) is 7.66. The fraction of sp³-hybridized carbons (Fsp3) is 0.278. The first-order chi connectivity index (χ1) is 10.9. The van der Waals surface area contributed by atoms with E-state index in [1.807, 2.05) is 24.3 Å². The van der Waals surface area contributed by atoms with Crippen LogP contribution in [-0.4, -0.2) is 27.3 Å². The van der Waals surface area contributed by atoms with Gasteiger partial charge in [-0.05, 0) is 53.1 Å². The van der Waals surface area contributed by atoms with Gasteiger partial charge in [0.2, 0.25) is 0 Å². The average Bonchev–Trinajstić information content (AvgIpc) is 3.06. The first kappa shape index (κ1) is 14.6. The lowest BCUT2D eigenvalue weighted by atomic mass is 9.87. The molecule has 1 aliphatic heterocycles. The van der Waals surface area contributed by atoms with E-state index in [2.05, 4.69) is 36.3 Å². The van der Waals surface area contributed by atoms with Gasteiger partial charge in [-0.15, -0.1) is 0 Å². The molecule has 4 nitrogen and oxygen atoms in total. The Bertz CT molecular complexity index is 881. The van der Waals surface area contributed by atoms with Crippen LogP contribution < -0.4 is 5.32 Å². The van der Waals surface area contributed by atoms with E-state index in [-0.39, 0.29) is 5.41 Å². The molecule has 2 N–H and O–H groups in total. The number of anilines is 1. The smallest absolute Gasteiger partial charge is 0.152 e. The fourth-order valence-electron chi connectivity index (χ4n) is 3.12. The average molecular weight is 325 g/mol. The summed E-state index contributed by atoms with van der Waals surface area (Å²) in [4.78, 5) is 8.96. The summed E-state index contributed by atoms with van der Waals surface area (Å²) in [5, 5.41) is 3.47. The van der Waals surface area contributed by atoms with Gasteiger partial charge in [0.05, 0.1) is 11.0 Å². The van der Waals surface area contributed by atoms with Gasteiger partial charge in [-0.3, -0.25) is 0 Å². The van der Waals surface area contributed by atoms with Crippen molar-refractivity contribution in [1.82, 2.24) is 9.97 Å². The molecule has 1 atom stereocenters. The number of hydrogen-bond donors (Lipinski definition) is 2. The van der Waals surface area contributed by atoms with Gasteiger partial charge in [-0.2, -0.15) is 0 Å². The normalized spacial score (nSPS) is 17.0. The van der Waals surface area contributed by atoms with Gasteiger partial charge in [-0.25, -0.2) is 4.98 Å². The summed E-state index contributed by atoms with van der Waals surface area (Å²) in [6.45, 7) is 5.45. The van der Waals surface area contributed by atoms with Crippen molar-refractivity contribution in [2.75, 3.05) is 18.1 Å². The molecule has 2 aromatic carbocycles. The third kappa shape index (κ3) is 2.40. The Morgan fingerprint density at radius 2 is 1.91 bits per heavy atom. The Kier molecular flexibility index (Phi) is 3.18. The Morgan fingerprint density at radius 3 is 2.61 bits per heavy atom. The van der Waals surface area contributed by atoms with Gasteiger partial charge in [0, 0.05) is 23.2 Å². The molecule has 23 heavy (non-hydrogen) atoms. The number of fused-ring (bicyclic) bond motifs is 2. The zero-order valence-electron chi connectivity index (χ0n) is 13.4. The summed E-state index contributed by atoms with van der Waals surface area (Å²) in [6, 6.07) is 12.0. The molecule has 1 aromatic heterocycles. The molecule has 5 heteroatoms. The topological polar surface area (TPSA) is 63.8 Å². The zero-order valence-corrected chi connectivity index (χ0v) is 14.3. The number of rotatable bonds is 2. The molecule has 0 spiro atoms. The Hall–Kier alpha value is -1.98. The van der Waals surface area contributed by atoms with Crippen LogP contribution in [0.1, 0.15) is 19.4 Å². The van der Waals surface area contributed by atoms with Crippen LogP contribution in [0.4, 0.5) is 5.69 Å². The number of H-pyrrole nitrogens is 1. The number of imidazole rings is 1. The molecule has 0 fully saturated rings. The van der Waals surface area contributed by atoms with Gasteiger partial charge in [-0.1, -0.05) is 13.8 Å². The molecule has 4 rings (SSSR count). The Balaban J connectivity index is 1.78. The summed E-state index contributed by atoms with van der Waals surface area (Å²) >= 11 is -0.956. The van der Waals surface area contributed by atoms with Crippen LogP contribution in [-0.2, 0) is 16.6 Å². The van der Waals surface area contributed by atoms with E-state index in [1.165, 1.54) is 11.3 Å². The lowest BCUT2D eigenvalue weighted by Crippen LogP contribution is -2.18. The minimum Gasteiger partial charge on any atom is -0.612 e. The Morgan fingerprint density at radius 1 is 1.17 bits per heavy atom. The SMILES string of the molecule is C[S+]([O-])c1ccc(-c2nc3cc4c(cc3[nH]2)NCC4(C)C)cc1. The van der Waals surface area contributed by atoms with Crippen LogP contribution >= 0.6 is 0 Å². The highest BCUT2D eigenvalue weighted by Gasteiger charge is 2.30. The first-order valence-corrected chi connectivity index (χ1v) is 9.22. The molecule has 2 heterocycles. The number of benzene rings is 2. The summed E-state index contributed by atoms with van der Waals surface area (Å²) in [5.41, 5.74) is 5.66. The van der Waals surface area contributed by atoms with Crippen LogP contribution in [0, 0.1) is 0 Å². The van der Waals surface area contributed by atoms with E-state index in [0.29, 0.717) is 0 Å².